The summed E-state index contributed by atoms with van der Waals surface area (Å²) in [7, 11) is 0. The lowest BCUT2D eigenvalue weighted by Crippen LogP contribution is -2.21. The Kier molecular flexibility index (Phi) is 6.43. The summed E-state index contributed by atoms with van der Waals surface area (Å²) < 4.78 is 5.18. The second-order valence-electron chi connectivity index (χ2n) is 7.39. The van der Waals surface area contributed by atoms with Crippen LogP contribution in [0.3, 0.4) is 0 Å². The lowest BCUT2D eigenvalue weighted by molar-refractivity contribution is -0.147. The number of hydrogen-bond acceptors (Lipinski definition) is 3. The van der Waals surface area contributed by atoms with Gasteiger partial charge in [-0.1, -0.05) is 66.7 Å². The van der Waals surface area contributed by atoms with Crippen molar-refractivity contribution in [1.82, 2.24) is 4.98 Å². The Morgan fingerprint density at radius 2 is 1.58 bits per heavy atom. The SMILES string of the molecule is O=C(COC(=O)CCc1c[nH]c2ccccc12)Nc1ccccc1Cc1ccccc1. The summed E-state index contributed by atoms with van der Waals surface area (Å²) >= 11 is 0. The van der Waals surface area contributed by atoms with Crippen molar-refractivity contribution in [2.45, 2.75) is 19.3 Å². The minimum Gasteiger partial charge on any atom is -0.456 e. The van der Waals surface area contributed by atoms with E-state index in [4.69, 9.17) is 4.74 Å². The first-order valence-electron chi connectivity index (χ1n) is 10.3. The number of aromatic nitrogens is 1. The topological polar surface area (TPSA) is 71.2 Å². The van der Waals surface area contributed by atoms with Gasteiger partial charge in [0.05, 0.1) is 0 Å². The van der Waals surface area contributed by atoms with Crippen LogP contribution in [-0.4, -0.2) is 23.5 Å². The molecule has 4 rings (SSSR count). The molecule has 156 valence electrons. The molecule has 0 bridgehead atoms. The summed E-state index contributed by atoms with van der Waals surface area (Å²) in [5.41, 5.74) is 5.00. The molecule has 0 unspecified atom stereocenters. The van der Waals surface area contributed by atoms with E-state index in [2.05, 4.69) is 10.3 Å². The molecular formula is C26H24N2O3. The van der Waals surface area contributed by atoms with Gasteiger partial charge >= 0.3 is 5.97 Å². The molecule has 1 amide bonds. The van der Waals surface area contributed by atoms with Crippen molar-refractivity contribution in [1.29, 1.82) is 0 Å². The van der Waals surface area contributed by atoms with Crippen LogP contribution in [0.15, 0.2) is 85.1 Å². The van der Waals surface area contributed by atoms with Crippen molar-refractivity contribution >= 4 is 28.5 Å². The van der Waals surface area contributed by atoms with Crippen molar-refractivity contribution in [2.24, 2.45) is 0 Å². The molecule has 5 nitrogen and oxygen atoms in total. The molecule has 0 aliphatic heterocycles. The van der Waals surface area contributed by atoms with Crippen LogP contribution >= 0.6 is 0 Å². The van der Waals surface area contributed by atoms with E-state index in [0.29, 0.717) is 12.8 Å². The van der Waals surface area contributed by atoms with Crippen LogP contribution in [0.4, 0.5) is 5.69 Å². The predicted octanol–water partition coefficient (Wildman–Crippen LogP) is 4.87. The lowest BCUT2D eigenvalue weighted by atomic mass is 10.0. The first kappa shape index (κ1) is 20.4. The zero-order valence-electron chi connectivity index (χ0n) is 17.1. The molecule has 3 aromatic carbocycles. The summed E-state index contributed by atoms with van der Waals surface area (Å²) in [6, 6.07) is 25.7. The summed E-state index contributed by atoms with van der Waals surface area (Å²) in [5, 5.41) is 3.96. The zero-order chi connectivity index (χ0) is 21.5. The van der Waals surface area contributed by atoms with E-state index < -0.39 is 5.97 Å². The number of carbonyl (C=O) groups excluding carboxylic acids is 2. The van der Waals surface area contributed by atoms with Crippen LogP contribution < -0.4 is 5.32 Å². The Bertz CT molecular complexity index is 1180. The molecule has 4 aromatic rings. The number of fused-ring (bicyclic) bond motifs is 1. The number of rotatable bonds is 8. The summed E-state index contributed by atoms with van der Waals surface area (Å²) in [4.78, 5) is 27.7. The first-order valence-corrected chi connectivity index (χ1v) is 10.3. The Morgan fingerprint density at radius 3 is 2.45 bits per heavy atom. The molecule has 0 atom stereocenters. The van der Waals surface area contributed by atoms with Gasteiger partial charge in [0, 0.05) is 29.2 Å². The van der Waals surface area contributed by atoms with E-state index in [9.17, 15) is 9.59 Å². The van der Waals surface area contributed by atoms with Crippen molar-refractivity contribution in [3.8, 4) is 0 Å². The Balaban J connectivity index is 1.28. The highest BCUT2D eigenvalue weighted by molar-refractivity contribution is 5.93. The highest BCUT2D eigenvalue weighted by atomic mass is 16.5. The third-order valence-corrected chi connectivity index (χ3v) is 5.17. The second-order valence-corrected chi connectivity index (χ2v) is 7.39. The van der Waals surface area contributed by atoms with Crippen molar-refractivity contribution in [3.05, 3.63) is 102 Å². The molecule has 0 fully saturated rings. The van der Waals surface area contributed by atoms with Gasteiger partial charge in [-0.15, -0.1) is 0 Å². The monoisotopic (exact) mass is 412 g/mol. The third kappa shape index (κ3) is 5.39. The van der Waals surface area contributed by atoms with Gasteiger partial charge in [0.2, 0.25) is 0 Å². The quantitative estimate of drug-likeness (QED) is 0.406. The molecule has 1 aromatic heterocycles. The summed E-state index contributed by atoms with van der Waals surface area (Å²) in [5.74, 6) is -0.737. The zero-order valence-corrected chi connectivity index (χ0v) is 17.1. The van der Waals surface area contributed by atoms with E-state index in [1.807, 2.05) is 85.1 Å². The Hall–Kier alpha value is -3.86. The number of amides is 1. The third-order valence-electron chi connectivity index (χ3n) is 5.17. The molecule has 2 N–H and O–H groups in total. The molecular weight excluding hydrogens is 388 g/mol. The van der Waals surface area contributed by atoms with Crippen LogP contribution in [0.25, 0.3) is 10.9 Å². The molecule has 31 heavy (non-hydrogen) atoms. The van der Waals surface area contributed by atoms with Crippen molar-refractivity contribution in [3.63, 3.8) is 0 Å². The molecule has 5 heteroatoms. The molecule has 0 spiro atoms. The van der Waals surface area contributed by atoms with Crippen LogP contribution in [0, 0.1) is 0 Å². The van der Waals surface area contributed by atoms with Gasteiger partial charge in [0.25, 0.3) is 5.91 Å². The van der Waals surface area contributed by atoms with E-state index >= 15 is 0 Å². The highest BCUT2D eigenvalue weighted by Gasteiger charge is 2.12. The van der Waals surface area contributed by atoms with E-state index in [1.165, 1.54) is 0 Å². The van der Waals surface area contributed by atoms with Crippen LogP contribution in [0.5, 0.6) is 0 Å². The fourth-order valence-electron chi connectivity index (χ4n) is 3.59. The van der Waals surface area contributed by atoms with Crippen LogP contribution in [0.1, 0.15) is 23.1 Å². The van der Waals surface area contributed by atoms with Gasteiger partial charge in [0.15, 0.2) is 6.61 Å². The maximum absolute atomic E-state index is 12.3. The number of hydrogen-bond donors (Lipinski definition) is 2. The smallest absolute Gasteiger partial charge is 0.306 e. The van der Waals surface area contributed by atoms with Gasteiger partial charge in [-0.3, -0.25) is 9.59 Å². The number of ether oxygens (including phenoxy) is 1. The van der Waals surface area contributed by atoms with Gasteiger partial charge in [-0.05, 0) is 41.7 Å². The molecule has 0 aliphatic rings. The van der Waals surface area contributed by atoms with Gasteiger partial charge in [0.1, 0.15) is 0 Å². The average Bonchev–Trinajstić information content (AvgIpc) is 3.21. The number of para-hydroxylation sites is 2. The van der Waals surface area contributed by atoms with Crippen molar-refractivity contribution in [2.75, 3.05) is 11.9 Å². The largest absolute Gasteiger partial charge is 0.456 e. The fraction of sp³-hybridized carbons (Fsp3) is 0.154. The first-order chi connectivity index (χ1) is 15.2. The predicted molar refractivity (Wildman–Crippen MR) is 122 cm³/mol. The summed E-state index contributed by atoms with van der Waals surface area (Å²) in [6.07, 6.45) is 3.40. The fourth-order valence-corrected chi connectivity index (χ4v) is 3.59. The standard InChI is InChI=1S/C26H24N2O3/c29-25(28-23-12-6-4-10-20(23)16-19-8-2-1-3-9-19)18-31-26(30)15-14-21-17-27-24-13-7-5-11-22(21)24/h1-13,17,27H,14-16,18H2,(H,28,29). The number of benzene rings is 3. The number of anilines is 1. The minimum absolute atomic E-state index is 0.222. The van der Waals surface area contributed by atoms with Crippen LogP contribution in [0.2, 0.25) is 0 Å². The summed E-state index contributed by atoms with van der Waals surface area (Å²) in [6.45, 7) is -0.299. The number of aryl methyl sites for hydroxylation is 1. The number of H-pyrrole nitrogens is 1. The minimum atomic E-state index is -0.391. The van der Waals surface area contributed by atoms with Crippen LogP contribution in [-0.2, 0) is 27.2 Å². The molecule has 0 saturated heterocycles. The maximum Gasteiger partial charge on any atom is 0.306 e. The lowest BCUT2D eigenvalue weighted by Gasteiger charge is -2.11. The Morgan fingerprint density at radius 1 is 0.839 bits per heavy atom. The molecule has 1 heterocycles. The molecule has 0 saturated carbocycles. The van der Waals surface area contributed by atoms with E-state index in [1.54, 1.807) is 0 Å². The number of carbonyl (C=O) groups is 2. The van der Waals surface area contributed by atoms with Gasteiger partial charge in [-0.25, -0.2) is 0 Å². The number of esters is 1. The highest BCUT2D eigenvalue weighted by Crippen LogP contribution is 2.20. The van der Waals surface area contributed by atoms with Gasteiger partial charge in [-0.2, -0.15) is 0 Å². The molecule has 0 aliphatic carbocycles. The maximum atomic E-state index is 12.3. The number of aromatic amines is 1. The Labute approximate surface area is 181 Å². The van der Waals surface area contributed by atoms with Crippen molar-refractivity contribution < 1.29 is 14.3 Å². The van der Waals surface area contributed by atoms with E-state index in [-0.39, 0.29) is 18.9 Å². The normalized spacial score (nSPS) is 10.7. The average molecular weight is 412 g/mol. The number of nitrogens with one attached hydrogen (secondary N) is 2. The van der Waals surface area contributed by atoms with E-state index in [0.717, 1.165) is 33.3 Å². The van der Waals surface area contributed by atoms with Gasteiger partial charge < -0.3 is 15.0 Å². The molecule has 0 radical (unpaired) electrons. The second kappa shape index (κ2) is 9.76.